The Morgan fingerprint density at radius 1 is 1.29 bits per heavy atom. The minimum absolute atomic E-state index is 0.0328. The van der Waals surface area contributed by atoms with Crippen LogP contribution in [0.3, 0.4) is 0 Å². The van der Waals surface area contributed by atoms with E-state index < -0.39 is 17.5 Å². The van der Waals surface area contributed by atoms with Crippen LogP contribution in [0.1, 0.15) is 51.9 Å². The summed E-state index contributed by atoms with van der Waals surface area (Å²) in [5, 5.41) is 10.6. The van der Waals surface area contributed by atoms with E-state index in [1.165, 1.54) is 6.42 Å². The van der Waals surface area contributed by atoms with Crippen molar-refractivity contribution < 1.29 is 14.6 Å². The van der Waals surface area contributed by atoms with E-state index in [0.29, 0.717) is 0 Å². The van der Waals surface area contributed by atoms with Crippen molar-refractivity contribution in [2.24, 2.45) is 5.41 Å². The standard InChI is InChI=1S/C17H29NO3/c1-3-9-17(10-5-4-6-11-17)15(19)16(20)21-14-7-12-18(2)13-8-14/h3,9,14-15,19H,4-8,10-13H2,1-2H3/b9-3-. The minimum atomic E-state index is -1.02. The van der Waals surface area contributed by atoms with Gasteiger partial charge in [0.2, 0.25) is 0 Å². The maximum absolute atomic E-state index is 12.4. The minimum Gasteiger partial charge on any atom is -0.460 e. The van der Waals surface area contributed by atoms with Gasteiger partial charge in [-0.3, -0.25) is 0 Å². The van der Waals surface area contributed by atoms with Gasteiger partial charge in [-0.05, 0) is 39.7 Å². The molecule has 1 aliphatic heterocycles. The lowest BCUT2D eigenvalue weighted by Crippen LogP contribution is -2.44. The van der Waals surface area contributed by atoms with Gasteiger partial charge in [-0.1, -0.05) is 31.4 Å². The molecule has 120 valence electrons. The van der Waals surface area contributed by atoms with Gasteiger partial charge in [-0.25, -0.2) is 4.79 Å². The van der Waals surface area contributed by atoms with Crippen molar-refractivity contribution in [1.82, 2.24) is 4.90 Å². The number of esters is 1. The van der Waals surface area contributed by atoms with Crippen LogP contribution in [-0.2, 0) is 9.53 Å². The van der Waals surface area contributed by atoms with Crippen LogP contribution >= 0.6 is 0 Å². The van der Waals surface area contributed by atoms with E-state index in [-0.39, 0.29) is 6.10 Å². The number of hydrogen-bond acceptors (Lipinski definition) is 4. The number of piperidine rings is 1. The van der Waals surface area contributed by atoms with E-state index in [1.54, 1.807) is 0 Å². The second-order valence-electron chi connectivity index (χ2n) is 6.64. The van der Waals surface area contributed by atoms with E-state index in [9.17, 15) is 9.90 Å². The van der Waals surface area contributed by atoms with Gasteiger partial charge >= 0.3 is 5.97 Å². The summed E-state index contributed by atoms with van der Waals surface area (Å²) in [4.78, 5) is 14.6. The number of ether oxygens (including phenoxy) is 1. The Labute approximate surface area is 128 Å². The lowest BCUT2D eigenvalue weighted by atomic mass is 9.70. The molecule has 1 atom stereocenters. The molecule has 0 aromatic rings. The predicted molar refractivity (Wildman–Crippen MR) is 82.9 cm³/mol. The third-order valence-corrected chi connectivity index (χ3v) is 5.00. The maximum atomic E-state index is 12.4. The van der Waals surface area contributed by atoms with Crippen LogP contribution in [0.2, 0.25) is 0 Å². The largest absolute Gasteiger partial charge is 0.460 e. The Bertz CT molecular complexity index is 366. The first-order chi connectivity index (χ1) is 10.1. The molecule has 1 unspecified atom stereocenters. The highest BCUT2D eigenvalue weighted by molar-refractivity contribution is 5.76. The number of hydrogen-bond donors (Lipinski definition) is 1. The zero-order chi connectivity index (χ0) is 15.3. The molecule has 0 spiro atoms. The number of allylic oxidation sites excluding steroid dienone is 1. The van der Waals surface area contributed by atoms with Crippen LogP contribution in [0.5, 0.6) is 0 Å². The van der Waals surface area contributed by atoms with E-state index in [4.69, 9.17) is 4.74 Å². The topological polar surface area (TPSA) is 49.8 Å². The summed E-state index contributed by atoms with van der Waals surface area (Å²) < 4.78 is 5.58. The number of aliphatic hydroxyl groups is 1. The molecule has 4 heteroatoms. The van der Waals surface area contributed by atoms with Crippen molar-refractivity contribution >= 4 is 5.97 Å². The van der Waals surface area contributed by atoms with Gasteiger partial charge in [0.15, 0.2) is 6.10 Å². The fourth-order valence-electron chi connectivity index (χ4n) is 3.64. The molecule has 1 heterocycles. The first-order valence-corrected chi connectivity index (χ1v) is 8.28. The fourth-order valence-corrected chi connectivity index (χ4v) is 3.64. The molecule has 1 saturated carbocycles. The van der Waals surface area contributed by atoms with Gasteiger partial charge in [0, 0.05) is 18.5 Å². The lowest BCUT2D eigenvalue weighted by Gasteiger charge is -2.38. The van der Waals surface area contributed by atoms with Crippen LogP contribution in [0.4, 0.5) is 0 Å². The highest BCUT2D eigenvalue weighted by Crippen LogP contribution is 2.41. The Morgan fingerprint density at radius 2 is 1.90 bits per heavy atom. The molecule has 1 saturated heterocycles. The van der Waals surface area contributed by atoms with Crippen LogP contribution in [0.15, 0.2) is 12.2 Å². The molecule has 0 amide bonds. The van der Waals surface area contributed by atoms with Crippen molar-refractivity contribution in [2.75, 3.05) is 20.1 Å². The molecule has 0 aromatic carbocycles. The molecule has 0 aromatic heterocycles. The summed E-state index contributed by atoms with van der Waals surface area (Å²) in [7, 11) is 2.08. The quantitative estimate of drug-likeness (QED) is 0.639. The Kier molecular flexibility index (Phi) is 5.82. The Morgan fingerprint density at radius 3 is 2.48 bits per heavy atom. The number of nitrogens with zero attached hydrogens (tertiary/aromatic N) is 1. The van der Waals surface area contributed by atoms with Crippen LogP contribution < -0.4 is 0 Å². The highest BCUT2D eigenvalue weighted by atomic mass is 16.6. The molecule has 1 N–H and O–H groups in total. The lowest BCUT2D eigenvalue weighted by molar-refractivity contribution is -0.168. The number of carbonyl (C=O) groups is 1. The molecule has 2 rings (SSSR count). The zero-order valence-corrected chi connectivity index (χ0v) is 13.4. The summed E-state index contributed by atoms with van der Waals surface area (Å²) in [5.41, 5.74) is -0.407. The second-order valence-corrected chi connectivity index (χ2v) is 6.64. The molecule has 2 fully saturated rings. The van der Waals surface area contributed by atoms with Gasteiger partial charge in [-0.2, -0.15) is 0 Å². The Balaban J connectivity index is 1.96. The molecule has 2 aliphatic rings. The fraction of sp³-hybridized carbons (Fsp3) is 0.824. The SMILES string of the molecule is C/C=C\C1(C(O)C(=O)OC2CCN(C)CC2)CCCCC1. The molecule has 4 nitrogen and oxygen atoms in total. The van der Waals surface area contributed by atoms with Gasteiger partial charge in [-0.15, -0.1) is 0 Å². The van der Waals surface area contributed by atoms with E-state index in [0.717, 1.165) is 51.6 Å². The van der Waals surface area contributed by atoms with Gasteiger partial charge in [0.05, 0.1) is 0 Å². The summed E-state index contributed by atoms with van der Waals surface area (Å²) in [6.07, 6.45) is 9.74. The number of aliphatic hydroxyl groups excluding tert-OH is 1. The van der Waals surface area contributed by atoms with E-state index >= 15 is 0 Å². The number of rotatable bonds is 4. The van der Waals surface area contributed by atoms with Crippen molar-refractivity contribution in [2.45, 2.75) is 64.1 Å². The second kappa shape index (κ2) is 7.41. The van der Waals surface area contributed by atoms with E-state index in [2.05, 4.69) is 11.9 Å². The van der Waals surface area contributed by atoms with Crippen molar-refractivity contribution in [3.63, 3.8) is 0 Å². The number of likely N-dealkylation sites (tertiary alicyclic amines) is 1. The average molecular weight is 295 g/mol. The summed E-state index contributed by atoms with van der Waals surface area (Å²) >= 11 is 0. The molecular formula is C17H29NO3. The zero-order valence-electron chi connectivity index (χ0n) is 13.4. The van der Waals surface area contributed by atoms with Crippen LogP contribution in [0, 0.1) is 5.41 Å². The molecule has 0 radical (unpaired) electrons. The highest BCUT2D eigenvalue weighted by Gasteiger charge is 2.42. The molecular weight excluding hydrogens is 266 g/mol. The van der Waals surface area contributed by atoms with Crippen molar-refractivity contribution in [3.8, 4) is 0 Å². The normalized spacial score (nSPS) is 25.9. The van der Waals surface area contributed by atoms with Crippen molar-refractivity contribution in [1.29, 1.82) is 0 Å². The number of carbonyl (C=O) groups excluding carboxylic acids is 1. The first-order valence-electron chi connectivity index (χ1n) is 8.28. The summed E-state index contributed by atoms with van der Waals surface area (Å²) in [6, 6.07) is 0. The van der Waals surface area contributed by atoms with Gasteiger partial charge in [0.1, 0.15) is 6.10 Å². The maximum Gasteiger partial charge on any atom is 0.336 e. The average Bonchev–Trinajstić information content (AvgIpc) is 2.50. The molecule has 21 heavy (non-hydrogen) atoms. The van der Waals surface area contributed by atoms with E-state index in [1.807, 2.05) is 19.1 Å². The monoisotopic (exact) mass is 295 g/mol. The van der Waals surface area contributed by atoms with Gasteiger partial charge in [0.25, 0.3) is 0 Å². The third kappa shape index (κ3) is 4.07. The van der Waals surface area contributed by atoms with Crippen molar-refractivity contribution in [3.05, 3.63) is 12.2 Å². The molecule has 0 bridgehead atoms. The molecule has 1 aliphatic carbocycles. The van der Waals surface area contributed by atoms with Gasteiger partial charge < -0.3 is 14.7 Å². The first kappa shape index (κ1) is 16.5. The van der Waals surface area contributed by atoms with Crippen LogP contribution in [-0.4, -0.2) is 48.3 Å². The Hall–Kier alpha value is -0.870. The predicted octanol–water partition coefficient (Wildman–Crippen LogP) is 2.51. The van der Waals surface area contributed by atoms with Crippen LogP contribution in [0.25, 0.3) is 0 Å². The third-order valence-electron chi connectivity index (χ3n) is 5.00. The summed E-state index contributed by atoms with van der Waals surface area (Å²) in [6.45, 7) is 3.85. The smallest absolute Gasteiger partial charge is 0.336 e. The summed E-state index contributed by atoms with van der Waals surface area (Å²) in [5.74, 6) is -0.426.